The van der Waals surface area contributed by atoms with Crippen molar-refractivity contribution in [2.75, 3.05) is 44.7 Å². The molecule has 1 saturated heterocycles. The van der Waals surface area contributed by atoms with Gasteiger partial charge in [0.15, 0.2) is 23.1 Å². The maximum atomic E-state index is 10.1. The number of aromatic nitrogens is 5. The van der Waals surface area contributed by atoms with Crippen molar-refractivity contribution in [2.24, 2.45) is 5.41 Å². The summed E-state index contributed by atoms with van der Waals surface area (Å²) in [6, 6.07) is 7.72. The lowest BCUT2D eigenvalue weighted by Crippen LogP contribution is -2.33. The van der Waals surface area contributed by atoms with Crippen LogP contribution in [0.25, 0.3) is 11.2 Å². The highest BCUT2D eigenvalue weighted by atomic mass is 16.5. The molecule has 4 aromatic rings. The molecule has 6 rings (SSSR count). The van der Waals surface area contributed by atoms with Crippen molar-refractivity contribution < 1.29 is 19.3 Å². The molecular weight excluding hydrogens is 462 g/mol. The quantitative estimate of drug-likeness (QED) is 0.384. The summed E-state index contributed by atoms with van der Waals surface area (Å²) in [5, 5.41) is 17.9. The molecule has 1 aromatic carbocycles. The number of rotatable bonds is 8. The van der Waals surface area contributed by atoms with Crippen molar-refractivity contribution in [3.05, 3.63) is 43.0 Å². The molecule has 0 amide bonds. The number of imidazole rings is 1. The normalized spacial score (nSPS) is 18.1. The first kappa shape index (κ1) is 22.5. The fraction of sp³-hybridized carbons (Fsp3) is 0.400. The van der Waals surface area contributed by atoms with Gasteiger partial charge < -0.3 is 34.1 Å². The Morgan fingerprint density at radius 3 is 2.58 bits per heavy atom. The van der Waals surface area contributed by atoms with Crippen molar-refractivity contribution in [1.29, 1.82) is 0 Å². The Labute approximate surface area is 208 Å². The summed E-state index contributed by atoms with van der Waals surface area (Å²) in [4.78, 5) is 11.6. The molecule has 1 aliphatic heterocycles. The van der Waals surface area contributed by atoms with Gasteiger partial charge in [0.1, 0.15) is 11.8 Å². The van der Waals surface area contributed by atoms with E-state index in [-0.39, 0.29) is 12.6 Å². The molecule has 0 bridgehead atoms. The SMILES string of the molecule is COc1cc(-n2cnc(Nc3nc(N4CC5(CC5)CC4CO)c4cccn4n3)c2)cc(OC)c1OC. The van der Waals surface area contributed by atoms with Crippen molar-refractivity contribution in [3.63, 3.8) is 0 Å². The summed E-state index contributed by atoms with van der Waals surface area (Å²) in [5.41, 5.74) is 2.04. The Hall–Kier alpha value is -3.99. The highest BCUT2D eigenvalue weighted by Crippen LogP contribution is 2.55. The van der Waals surface area contributed by atoms with Gasteiger partial charge in [-0.05, 0) is 36.8 Å². The van der Waals surface area contributed by atoms with Crippen LogP contribution < -0.4 is 24.4 Å². The second kappa shape index (κ2) is 8.59. The molecule has 2 aliphatic rings. The van der Waals surface area contributed by atoms with E-state index in [9.17, 15) is 5.11 Å². The Balaban J connectivity index is 1.31. The molecule has 11 nitrogen and oxygen atoms in total. The van der Waals surface area contributed by atoms with Crippen molar-refractivity contribution in [3.8, 4) is 22.9 Å². The molecule has 3 aromatic heterocycles. The van der Waals surface area contributed by atoms with Crippen molar-refractivity contribution in [2.45, 2.75) is 25.3 Å². The maximum absolute atomic E-state index is 10.1. The summed E-state index contributed by atoms with van der Waals surface area (Å²) in [5.74, 6) is 3.47. The van der Waals surface area contributed by atoms with E-state index in [1.54, 1.807) is 27.7 Å². The van der Waals surface area contributed by atoms with E-state index in [0.29, 0.717) is 34.4 Å². The number of methoxy groups -OCH3 is 3. The third kappa shape index (κ3) is 3.76. The number of anilines is 3. The van der Waals surface area contributed by atoms with E-state index >= 15 is 0 Å². The first-order valence-corrected chi connectivity index (χ1v) is 11.9. The van der Waals surface area contributed by atoms with E-state index in [1.807, 2.05) is 45.7 Å². The van der Waals surface area contributed by atoms with Gasteiger partial charge in [-0.15, -0.1) is 5.10 Å². The molecule has 1 unspecified atom stereocenters. The first-order chi connectivity index (χ1) is 17.6. The average molecular weight is 492 g/mol. The van der Waals surface area contributed by atoms with E-state index in [1.165, 1.54) is 12.8 Å². The lowest BCUT2D eigenvalue weighted by atomic mass is 10.0. The fourth-order valence-electron chi connectivity index (χ4n) is 5.16. The zero-order chi connectivity index (χ0) is 24.9. The zero-order valence-corrected chi connectivity index (χ0v) is 20.5. The van der Waals surface area contributed by atoms with Gasteiger partial charge in [-0.3, -0.25) is 0 Å². The van der Waals surface area contributed by atoms with Crippen LogP contribution in [0.5, 0.6) is 17.2 Å². The molecule has 4 heterocycles. The van der Waals surface area contributed by atoms with Crippen LogP contribution in [0.15, 0.2) is 43.0 Å². The topological polar surface area (TPSA) is 111 Å². The fourth-order valence-corrected chi connectivity index (χ4v) is 5.16. The third-order valence-electron chi connectivity index (χ3n) is 7.20. The van der Waals surface area contributed by atoms with Crippen LogP contribution in [0.2, 0.25) is 0 Å². The predicted octanol–water partition coefficient (Wildman–Crippen LogP) is 3.04. The van der Waals surface area contributed by atoms with Gasteiger partial charge >= 0.3 is 0 Å². The molecule has 188 valence electrons. The maximum Gasteiger partial charge on any atom is 0.248 e. The van der Waals surface area contributed by atoms with Gasteiger partial charge in [0, 0.05) is 24.9 Å². The molecule has 1 saturated carbocycles. The lowest BCUT2D eigenvalue weighted by molar-refractivity contribution is 0.261. The van der Waals surface area contributed by atoms with E-state index < -0.39 is 0 Å². The lowest BCUT2D eigenvalue weighted by Gasteiger charge is -2.25. The summed E-state index contributed by atoms with van der Waals surface area (Å²) in [6.07, 6.45) is 8.86. The highest BCUT2D eigenvalue weighted by Gasteiger charge is 2.52. The van der Waals surface area contributed by atoms with Crippen LogP contribution in [0.1, 0.15) is 19.3 Å². The molecule has 2 N–H and O–H groups in total. The Morgan fingerprint density at radius 2 is 1.92 bits per heavy atom. The Morgan fingerprint density at radius 1 is 1.14 bits per heavy atom. The zero-order valence-electron chi connectivity index (χ0n) is 20.5. The molecular formula is C25H29N7O4. The van der Waals surface area contributed by atoms with Crippen LogP contribution >= 0.6 is 0 Å². The third-order valence-corrected chi connectivity index (χ3v) is 7.20. The standard InChI is InChI=1S/C25H29N7O4/c1-34-19-9-16(10-20(35-2)22(19)36-3)30-12-21(26-15-30)27-24-28-23(18-5-4-8-32(18)29-24)31-14-25(6-7-25)11-17(31)13-33/h4-5,8-10,12,15,17,33H,6-7,11,13-14H2,1-3H3,(H,27,29). The van der Waals surface area contributed by atoms with Gasteiger partial charge in [0.05, 0.1) is 45.9 Å². The molecule has 11 heteroatoms. The second-order valence-electron chi connectivity index (χ2n) is 9.44. The minimum Gasteiger partial charge on any atom is -0.493 e. The second-order valence-corrected chi connectivity index (χ2v) is 9.44. The summed E-state index contributed by atoms with van der Waals surface area (Å²) in [6.45, 7) is 1.02. The van der Waals surface area contributed by atoms with Crippen LogP contribution in [-0.2, 0) is 0 Å². The largest absolute Gasteiger partial charge is 0.493 e. The summed E-state index contributed by atoms with van der Waals surface area (Å²) >= 11 is 0. The number of hydrogen-bond donors (Lipinski definition) is 2. The number of nitrogens with one attached hydrogen (secondary N) is 1. The molecule has 36 heavy (non-hydrogen) atoms. The summed E-state index contributed by atoms with van der Waals surface area (Å²) in [7, 11) is 4.74. The molecule has 0 radical (unpaired) electrons. The Bertz CT molecular complexity index is 1390. The summed E-state index contributed by atoms with van der Waals surface area (Å²) < 4.78 is 20.0. The van der Waals surface area contributed by atoms with Crippen LogP contribution in [0, 0.1) is 5.41 Å². The van der Waals surface area contributed by atoms with E-state index in [4.69, 9.17) is 19.2 Å². The number of aliphatic hydroxyl groups excluding tert-OH is 1. The monoisotopic (exact) mass is 491 g/mol. The highest BCUT2D eigenvalue weighted by molar-refractivity contribution is 5.72. The van der Waals surface area contributed by atoms with Gasteiger partial charge in [-0.2, -0.15) is 4.98 Å². The van der Waals surface area contributed by atoms with Crippen LogP contribution in [0.4, 0.5) is 17.6 Å². The molecule has 1 spiro atoms. The van der Waals surface area contributed by atoms with Gasteiger partial charge in [0.25, 0.3) is 0 Å². The first-order valence-electron chi connectivity index (χ1n) is 11.9. The number of benzene rings is 1. The number of hydrogen-bond acceptors (Lipinski definition) is 9. The predicted molar refractivity (Wildman–Crippen MR) is 134 cm³/mol. The minimum atomic E-state index is 0.0631. The molecule has 1 aliphatic carbocycles. The number of nitrogens with zero attached hydrogens (tertiary/aromatic N) is 6. The van der Waals surface area contributed by atoms with Crippen LogP contribution in [-0.4, -0.2) is 69.8 Å². The van der Waals surface area contributed by atoms with E-state index in [2.05, 4.69) is 20.3 Å². The van der Waals surface area contributed by atoms with Gasteiger partial charge in [-0.25, -0.2) is 9.50 Å². The minimum absolute atomic E-state index is 0.0631. The smallest absolute Gasteiger partial charge is 0.248 e. The van der Waals surface area contributed by atoms with Crippen molar-refractivity contribution in [1.82, 2.24) is 24.1 Å². The number of fused-ring (bicyclic) bond motifs is 1. The molecule has 1 atom stereocenters. The average Bonchev–Trinajstić information content (AvgIpc) is 3.25. The number of aliphatic hydroxyl groups is 1. The number of ether oxygens (including phenoxy) is 3. The van der Waals surface area contributed by atoms with Crippen molar-refractivity contribution >= 4 is 23.1 Å². The van der Waals surface area contributed by atoms with E-state index in [0.717, 1.165) is 30.0 Å². The Kier molecular flexibility index (Phi) is 5.36. The van der Waals surface area contributed by atoms with Crippen LogP contribution in [0.3, 0.4) is 0 Å². The van der Waals surface area contributed by atoms with Gasteiger partial charge in [0.2, 0.25) is 11.7 Å². The molecule has 2 fully saturated rings. The van der Waals surface area contributed by atoms with Gasteiger partial charge in [-0.1, -0.05) is 0 Å².